The van der Waals surface area contributed by atoms with Crippen molar-refractivity contribution in [2.45, 2.75) is 69.6 Å². The maximum Gasteiger partial charge on any atom is 0.139 e. The van der Waals surface area contributed by atoms with Crippen molar-refractivity contribution in [3.8, 4) is 0 Å². The van der Waals surface area contributed by atoms with E-state index in [0.717, 1.165) is 24.7 Å². The van der Waals surface area contributed by atoms with Crippen molar-refractivity contribution in [3.63, 3.8) is 0 Å². The average molecular weight is 325 g/mol. The van der Waals surface area contributed by atoms with E-state index in [1.54, 1.807) is 5.56 Å². The van der Waals surface area contributed by atoms with Gasteiger partial charge in [-0.25, -0.2) is 0 Å². The number of carbonyl (C=O) groups is 1. The minimum absolute atomic E-state index is 0.306. The van der Waals surface area contributed by atoms with Gasteiger partial charge >= 0.3 is 0 Å². The number of benzene rings is 1. The number of fused-ring (bicyclic) bond motifs is 1. The van der Waals surface area contributed by atoms with Crippen molar-refractivity contribution in [1.29, 1.82) is 0 Å². The molecule has 1 aliphatic heterocycles. The van der Waals surface area contributed by atoms with Gasteiger partial charge in [0.05, 0.1) is 6.54 Å². The van der Waals surface area contributed by atoms with Crippen LogP contribution >= 0.6 is 0 Å². The highest BCUT2D eigenvalue weighted by Crippen LogP contribution is 2.56. The number of rotatable bonds is 4. The number of hydrogen-bond acceptors (Lipinski definition) is 2. The van der Waals surface area contributed by atoms with Crippen molar-refractivity contribution in [1.82, 2.24) is 0 Å². The van der Waals surface area contributed by atoms with Gasteiger partial charge in [0.25, 0.3) is 0 Å². The zero-order valence-electron chi connectivity index (χ0n) is 14.9. The van der Waals surface area contributed by atoms with Gasteiger partial charge in [0, 0.05) is 17.6 Å². The van der Waals surface area contributed by atoms with Crippen LogP contribution in [0.1, 0.15) is 69.8 Å². The second-order valence-corrected chi connectivity index (χ2v) is 8.27. The van der Waals surface area contributed by atoms with Crippen LogP contribution in [0, 0.1) is 11.8 Å². The quantitative estimate of drug-likeness (QED) is 0.717. The highest BCUT2D eigenvalue weighted by Gasteiger charge is 2.52. The number of nitrogens with zero attached hydrogens (tertiary/aromatic N) is 1. The molecule has 0 bridgehead atoms. The van der Waals surface area contributed by atoms with E-state index in [0.29, 0.717) is 12.0 Å². The van der Waals surface area contributed by atoms with Crippen molar-refractivity contribution >= 4 is 12.0 Å². The zero-order chi connectivity index (χ0) is 16.4. The maximum atomic E-state index is 11.3. The van der Waals surface area contributed by atoms with E-state index in [4.69, 9.17) is 0 Å². The van der Waals surface area contributed by atoms with Crippen molar-refractivity contribution < 1.29 is 4.79 Å². The topological polar surface area (TPSA) is 20.3 Å². The Balaban J connectivity index is 1.78. The Labute approximate surface area is 146 Å². The molecule has 2 nitrogen and oxygen atoms in total. The molecule has 0 N–H and O–H groups in total. The standard InChI is InChI=1S/C22H31NO/c24-16-15-23-17-22(18-9-3-1-4-10-18,19-11-5-2-6-12-19)20-13-7-8-14-21(20)23/h7-8,13-14,16,18-19H,1-6,9-12,15,17H2. The van der Waals surface area contributed by atoms with E-state index in [9.17, 15) is 4.79 Å². The molecule has 2 heteroatoms. The largest absolute Gasteiger partial charge is 0.363 e. The van der Waals surface area contributed by atoms with Crippen molar-refractivity contribution in [3.05, 3.63) is 29.8 Å². The summed E-state index contributed by atoms with van der Waals surface area (Å²) in [4.78, 5) is 13.7. The highest BCUT2D eigenvalue weighted by molar-refractivity contribution is 5.69. The molecule has 130 valence electrons. The second-order valence-electron chi connectivity index (χ2n) is 8.27. The number of anilines is 1. The fraction of sp³-hybridized carbons (Fsp3) is 0.682. The minimum Gasteiger partial charge on any atom is -0.363 e. The molecule has 2 saturated carbocycles. The number of carbonyl (C=O) groups excluding carboxylic acids is 1. The van der Waals surface area contributed by atoms with Gasteiger partial charge < -0.3 is 9.69 Å². The first-order valence-corrected chi connectivity index (χ1v) is 10.1. The normalized spacial score (nSPS) is 24.8. The number of aldehydes is 1. The van der Waals surface area contributed by atoms with Crippen LogP contribution in [0.25, 0.3) is 0 Å². The molecule has 1 aromatic carbocycles. The Morgan fingerprint density at radius 1 is 0.917 bits per heavy atom. The lowest BCUT2D eigenvalue weighted by molar-refractivity contribution is -0.106. The van der Waals surface area contributed by atoms with E-state index in [1.807, 2.05) is 0 Å². The van der Waals surface area contributed by atoms with E-state index >= 15 is 0 Å². The summed E-state index contributed by atoms with van der Waals surface area (Å²) in [7, 11) is 0. The van der Waals surface area contributed by atoms with Gasteiger partial charge in [0.15, 0.2) is 0 Å². The van der Waals surface area contributed by atoms with Gasteiger partial charge in [-0.15, -0.1) is 0 Å². The van der Waals surface area contributed by atoms with E-state index in [-0.39, 0.29) is 0 Å². The van der Waals surface area contributed by atoms with Crippen LogP contribution in [0.5, 0.6) is 0 Å². The van der Waals surface area contributed by atoms with Crippen LogP contribution in [0.3, 0.4) is 0 Å². The molecule has 0 aromatic heterocycles. The molecular formula is C22H31NO. The molecule has 0 spiro atoms. The smallest absolute Gasteiger partial charge is 0.139 e. The van der Waals surface area contributed by atoms with Crippen LogP contribution in [0.15, 0.2) is 24.3 Å². The SMILES string of the molecule is O=CCN1CC(C2CCCCC2)(C2CCCCC2)c2ccccc21. The predicted molar refractivity (Wildman–Crippen MR) is 99.5 cm³/mol. The van der Waals surface area contributed by atoms with Gasteiger partial charge in [-0.05, 0) is 49.1 Å². The lowest BCUT2D eigenvalue weighted by Gasteiger charge is -2.47. The second kappa shape index (κ2) is 6.90. The average Bonchev–Trinajstić information content (AvgIpc) is 2.99. The zero-order valence-corrected chi connectivity index (χ0v) is 14.9. The van der Waals surface area contributed by atoms with Crippen LogP contribution in [-0.2, 0) is 10.2 Å². The Morgan fingerprint density at radius 3 is 2.08 bits per heavy atom. The minimum atomic E-state index is 0.306. The molecule has 24 heavy (non-hydrogen) atoms. The number of hydrogen-bond donors (Lipinski definition) is 0. The van der Waals surface area contributed by atoms with E-state index in [2.05, 4.69) is 29.2 Å². The van der Waals surface area contributed by atoms with Crippen LogP contribution in [0.2, 0.25) is 0 Å². The van der Waals surface area contributed by atoms with Crippen molar-refractivity contribution in [2.24, 2.45) is 11.8 Å². The molecule has 0 amide bonds. The Bertz CT molecular complexity index is 551. The molecule has 1 heterocycles. The summed E-state index contributed by atoms with van der Waals surface area (Å²) >= 11 is 0. The third-order valence-electron chi connectivity index (χ3n) is 7.16. The first kappa shape index (κ1) is 16.2. The van der Waals surface area contributed by atoms with E-state index < -0.39 is 0 Å². The van der Waals surface area contributed by atoms with E-state index in [1.165, 1.54) is 69.9 Å². The van der Waals surface area contributed by atoms with Crippen LogP contribution < -0.4 is 4.90 Å². The van der Waals surface area contributed by atoms with Crippen molar-refractivity contribution in [2.75, 3.05) is 18.0 Å². The molecule has 2 aliphatic carbocycles. The molecule has 0 atom stereocenters. The van der Waals surface area contributed by atoms with Gasteiger partial charge in [0.2, 0.25) is 0 Å². The molecule has 1 aromatic rings. The maximum absolute atomic E-state index is 11.3. The lowest BCUT2D eigenvalue weighted by atomic mass is 9.57. The summed E-state index contributed by atoms with van der Waals surface area (Å²) < 4.78 is 0. The highest BCUT2D eigenvalue weighted by atomic mass is 16.1. The summed E-state index contributed by atoms with van der Waals surface area (Å²) in [6, 6.07) is 9.02. The molecular weight excluding hydrogens is 294 g/mol. The monoisotopic (exact) mass is 325 g/mol. The summed E-state index contributed by atoms with van der Waals surface area (Å²) in [5, 5.41) is 0. The van der Waals surface area contributed by atoms with Gasteiger partial charge in [-0.2, -0.15) is 0 Å². The summed E-state index contributed by atoms with van der Waals surface area (Å²) in [5.41, 5.74) is 3.23. The fourth-order valence-electron chi connectivity index (χ4n) is 6.15. The van der Waals surface area contributed by atoms with Gasteiger partial charge in [-0.3, -0.25) is 0 Å². The molecule has 2 fully saturated rings. The third-order valence-corrected chi connectivity index (χ3v) is 7.16. The van der Waals surface area contributed by atoms with Gasteiger partial charge in [0.1, 0.15) is 6.29 Å². The molecule has 3 aliphatic rings. The predicted octanol–water partition coefficient (Wildman–Crippen LogP) is 5.10. The Kier molecular flexibility index (Phi) is 4.65. The first-order chi connectivity index (χ1) is 11.9. The first-order valence-electron chi connectivity index (χ1n) is 10.1. The molecule has 0 saturated heterocycles. The fourth-order valence-corrected chi connectivity index (χ4v) is 6.15. The number of para-hydroxylation sites is 1. The van der Waals surface area contributed by atoms with Crippen LogP contribution in [-0.4, -0.2) is 19.4 Å². The third kappa shape index (κ3) is 2.59. The van der Waals surface area contributed by atoms with Gasteiger partial charge in [-0.1, -0.05) is 56.7 Å². The van der Waals surface area contributed by atoms with Crippen LogP contribution in [0.4, 0.5) is 5.69 Å². The molecule has 4 rings (SSSR count). The summed E-state index contributed by atoms with van der Waals surface area (Å²) in [6.45, 7) is 1.64. The lowest BCUT2D eigenvalue weighted by Crippen LogP contribution is -2.48. The Morgan fingerprint density at radius 2 is 1.50 bits per heavy atom. The summed E-state index contributed by atoms with van der Waals surface area (Å²) in [5.74, 6) is 1.62. The summed E-state index contributed by atoms with van der Waals surface area (Å²) in [6.07, 6.45) is 15.1. The Hall–Kier alpha value is -1.31. The molecule has 0 unspecified atom stereocenters. The molecule has 0 radical (unpaired) electrons.